The molecular formula is C25H34N2O2. The summed E-state index contributed by atoms with van der Waals surface area (Å²) in [5.41, 5.74) is 3.62. The van der Waals surface area contributed by atoms with Gasteiger partial charge in [0.2, 0.25) is 11.8 Å². The van der Waals surface area contributed by atoms with Gasteiger partial charge in [-0.25, -0.2) is 0 Å². The molecule has 0 bridgehead atoms. The molecule has 0 heterocycles. The smallest absolute Gasteiger partial charge is 0.242 e. The minimum absolute atomic E-state index is 0.0318. The van der Waals surface area contributed by atoms with Gasteiger partial charge < -0.3 is 10.2 Å². The minimum Gasteiger partial charge on any atom is -0.357 e. The van der Waals surface area contributed by atoms with Gasteiger partial charge in [-0.2, -0.15) is 0 Å². The Labute approximate surface area is 175 Å². The molecule has 0 aliphatic rings. The zero-order valence-electron chi connectivity index (χ0n) is 18.2. The van der Waals surface area contributed by atoms with Crippen LogP contribution in [0.5, 0.6) is 0 Å². The number of rotatable bonds is 10. The zero-order chi connectivity index (χ0) is 21.2. The van der Waals surface area contributed by atoms with E-state index in [0.29, 0.717) is 31.7 Å². The molecule has 0 aromatic heterocycles. The van der Waals surface area contributed by atoms with Crippen molar-refractivity contribution in [2.75, 3.05) is 13.6 Å². The molecule has 0 unspecified atom stereocenters. The maximum absolute atomic E-state index is 13.1. The molecule has 156 valence electrons. The molecule has 0 aliphatic heterocycles. The van der Waals surface area contributed by atoms with Crippen molar-refractivity contribution in [2.45, 2.75) is 58.4 Å². The van der Waals surface area contributed by atoms with Gasteiger partial charge in [-0.3, -0.25) is 9.59 Å². The van der Waals surface area contributed by atoms with Crippen molar-refractivity contribution in [1.82, 2.24) is 10.2 Å². The van der Waals surface area contributed by atoms with Crippen LogP contribution in [0.2, 0.25) is 0 Å². The van der Waals surface area contributed by atoms with Crippen LogP contribution in [0.1, 0.15) is 56.2 Å². The van der Waals surface area contributed by atoms with Crippen LogP contribution in [-0.4, -0.2) is 36.3 Å². The Balaban J connectivity index is 2.07. The molecule has 2 aromatic carbocycles. The molecule has 2 amide bonds. The Kier molecular flexibility index (Phi) is 8.91. The maximum atomic E-state index is 13.1. The number of hydrogen-bond donors (Lipinski definition) is 1. The molecule has 1 N–H and O–H groups in total. The van der Waals surface area contributed by atoms with Crippen LogP contribution in [-0.2, 0) is 22.4 Å². The standard InChI is InChI=1S/C25H34N2O2/c1-5-23(25(29)26-4)27(18-17-20-9-7-6-8-10-20)24(28)16-13-21-11-14-22(15-12-21)19(2)3/h6-12,14-15,19,23H,5,13,16-18H2,1-4H3,(H,26,29)/t23-/m1/s1. The highest BCUT2D eigenvalue weighted by molar-refractivity contribution is 5.87. The second-order valence-electron chi connectivity index (χ2n) is 7.76. The third-order valence-electron chi connectivity index (χ3n) is 5.39. The van der Waals surface area contributed by atoms with Gasteiger partial charge in [0.05, 0.1) is 0 Å². The summed E-state index contributed by atoms with van der Waals surface area (Å²) < 4.78 is 0. The second-order valence-corrected chi connectivity index (χ2v) is 7.76. The number of aryl methyl sites for hydroxylation is 1. The number of carbonyl (C=O) groups excluding carboxylic acids is 2. The summed E-state index contributed by atoms with van der Waals surface area (Å²) in [5, 5.41) is 2.71. The molecule has 0 radical (unpaired) electrons. The van der Waals surface area contributed by atoms with Gasteiger partial charge in [0.15, 0.2) is 0 Å². The monoisotopic (exact) mass is 394 g/mol. The first kappa shape index (κ1) is 22.7. The van der Waals surface area contributed by atoms with E-state index in [-0.39, 0.29) is 11.8 Å². The van der Waals surface area contributed by atoms with Crippen molar-refractivity contribution < 1.29 is 9.59 Å². The predicted octanol–water partition coefficient (Wildman–Crippen LogP) is 4.34. The number of nitrogens with one attached hydrogen (secondary N) is 1. The van der Waals surface area contributed by atoms with Gasteiger partial charge in [0.1, 0.15) is 6.04 Å². The third kappa shape index (κ3) is 6.74. The first-order valence-electron chi connectivity index (χ1n) is 10.6. The molecule has 29 heavy (non-hydrogen) atoms. The summed E-state index contributed by atoms with van der Waals surface area (Å²) >= 11 is 0. The van der Waals surface area contributed by atoms with Crippen LogP contribution in [0.3, 0.4) is 0 Å². The van der Waals surface area contributed by atoms with Crippen molar-refractivity contribution in [3.63, 3.8) is 0 Å². The highest BCUT2D eigenvalue weighted by Crippen LogP contribution is 2.17. The largest absolute Gasteiger partial charge is 0.357 e. The van der Waals surface area contributed by atoms with Gasteiger partial charge in [0.25, 0.3) is 0 Å². The SMILES string of the molecule is CC[C@H](C(=O)NC)N(CCc1ccccc1)C(=O)CCc1ccc(C(C)C)cc1. The van der Waals surface area contributed by atoms with Crippen molar-refractivity contribution in [3.05, 3.63) is 71.3 Å². The molecular weight excluding hydrogens is 360 g/mol. The van der Waals surface area contributed by atoms with Crippen molar-refractivity contribution in [2.24, 2.45) is 0 Å². The molecule has 0 saturated carbocycles. The quantitative estimate of drug-likeness (QED) is 0.652. The number of amides is 2. The van der Waals surface area contributed by atoms with E-state index in [0.717, 1.165) is 12.0 Å². The maximum Gasteiger partial charge on any atom is 0.242 e. The van der Waals surface area contributed by atoms with Crippen LogP contribution >= 0.6 is 0 Å². The Morgan fingerprint density at radius 1 is 0.931 bits per heavy atom. The average molecular weight is 395 g/mol. The van der Waals surface area contributed by atoms with Crippen molar-refractivity contribution in [3.8, 4) is 0 Å². The third-order valence-corrected chi connectivity index (χ3v) is 5.39. The molecule has 0 fully saturated rings. The van der Waals surface area contributed by atoms with E-state index in [1.807, 2.05) is 25.1 Å². The van der Waals surface area contributed by atoms with Crippen LogP contribution in [0, 0.1) is 0 Å². The number of carbonyl (C=O) groups is 2. The minimum atomic E-state index is -0.431. The lowest BCUT2D eigenvalue weighted by atomic mass is 10.00. The van der Waals surface area contributed by atoms with Crippen LogP contribution in [0.15, 0.2) is 54.6 Å². The first-order valence-corrected chi connectivity index (χ1v) is 10.6. The normalized spacial score (nSPS) is 11.9. The number of nitrogens with zero attached hydrogens (tertiary/aromatic N) is 1. The van der Waals surface area contributed by atoms with E-state index < -0.39 is 6.04 Å². The summed E-state index contributed by atoms with van der Waals surface area (Å²) in [6.07, 6.45) is 2.43. The van der Waals surface area contributed by atoms with E-state index in [1.165, 1.54) is 11.1 Å². The van der Waals surface area contributed by atoms with Gasteiger partial charge in [-0.1, -0.05) is 75.4 Å². The van der Waals surface area contributed by atoms with Gasteiger partial charge >= 0.3 is 0 Å². The molecule has 0 aliphatic carbocycles. The fraction of sp³-hybridized carbons (Fsp3) is 0.440. The van der Waals surface area contributed by atoms with Crippen LogP contribution < -0.4 is 5.32 Å². The number of benzene rings is 2. The highest BCUT2D eigenvalue weighted by atomic mass is 16.2. The van der Waals surface area contributed by atoms with E-state index in [9.17, 15) is 9.59 Å². The van der Waals surface area contributed by atoms with E-state index in [1.54, 1.807) is 11.9 Å². The topological polar surface area (TPSA) is 49.4 Å². The fourth-order valence-corrected chi connectivity index (χ4v) is 3.53. The lowest BCUT2D eigenvalue weighted by Gasteiger charge is -2.30. The van der Waals surface area contributed by atoms with Crippen molar-refractivity contribution in [1.29, 1.82) is 0 Å². The fourth-order valence-electron chi connectivity index (χ4n) is 3.53. The molecule has 2 rings (SSSR count). The lowest BCUT2D eigenvalue weighted by molar-refractivity contribution is -0.140. The summed E-state index contributed by atoms with van der Waals surface area (Å²) in [7, 11) is 1.63. The summed E-state index contributed by atoms with van der Waals surface area (Å²) in [6.45, 7) is 6.84. The van der Waals surface area contributed by atoms with Gasteiger partial charge in [0, 0.05) is 20.0 Å². The van der Waals surface area contributed by atoms with Crippen molar-refractivity contribution >= 4 is 11.8 Å². The van der Waals surface area contributed by atoms with Gasteiger partial charge in [-0.15, -0.1) is 0 Å². The predicted molar refractivity (Wildman–Crippen MR) is 119 cm³/mol. The molecule has 1 atom stereocenters. The molecule has 4 nitrogen and oxygen atoms in total. The van der Waals surface area contributed by atoms with Crippen LogP contribution in [0.4, 0.5) is 0 Å². The summed E-state index contributed by atoms with van der Waals surface area (Å²) in [4.78, 5) is 27.2. The Morgan fingerprint density at radius 3 is 2.10 bits per heavy atom. The lowest BCUT2D eigenvalue weighted by Crippen LogP contribution is -2.49. The Morgan fingerprint density at radius 2 is 1.55 bits per heavy atom. The molecule has 2 aromatic rings. The van der Waals surface area contributed by atoms with Crippen LogP contribution in [0.25, 0.3) is 0 Å². The first-order chi connectivity index (χ1) is 14.0. The van der Waals surface area contributed by atoms with Gasteiger partial charge in [-0.05, 0) is 41.9 Å². The molecule has 0 spiro atoms. The number of likely N-dealkylation sites (N-methyl/N-ethyl adjacent to an activating group) is 1. The highest BCUT2D eigenvalue weighted by Gasteiger charge is 2.27. The molecule has 0 saturated heterocycles. The van der Waals surface area contributed by atoms with E-state index >= 15 is 0 Å². The average Bonchev–Trinajstić information content (AvgIpc) is 2.75. The van der Waals surface area contributed by atoms with E-state index in [2.05, 4.69) is 55.6 Å². The number of hydrogen-bond acceptors (Lipinski definition) is 2. The summed E-state index contributed by atoms with van der Waals surface area (Å²) in [5.74, 6) is 0.427. The second kappa shape index (κ2) is 11.4. The summed E-state index contributed by atoms with van der Waals surface area (Å²) in [6, 6.07) is 18.1. The van der Waals surface area contributed by atoms with E-state index in [4.69, 9.17) is 0 Å². The molecule has 4 heteroatoms. The Bertz CT molecular complexity index is 769. The zero-order valence-corrected chi connectivity index (χ0v) is 18.2. The Hall–Kier alpha value is -2.62.